The molecule has 17 nitrogen and oxygen atoms in total. The predicted octanol–water partition coefficient (Wildman–Crippen LogP) is 0.682. The first kappa shape index (κ1) is 33.2. The zero-order valence-electron chi connectivity index (χ0n) is 23.9. The first-order chi connectivity index (χ1) is 21.3. The number of ether oxygens (including phenoxy) is 3. The molecule has 0 aromatic carbocycles. The van der Waals surface area contributed by atoms with Crippen LogP contribution >= 0.6 is 47.1 Å². The van der Waals surface area contributed by atoms with Gasteiger partial charge in [0, 0.05) is 12.8 Å². The number of thiazole rings is 2. The second kappa shape index (κ2) is 12.9. The van der Waals surface area contributed by atoms with E-state index in [1.807, 2.05) is 13.8 Å². The SMILES string of the molecule is CC[C@H]1O[C@@H](n2c(=S)sc3c(=O)[nH]c(N)nc32)[C@H](OC(C)=O)[C@@H]1C.Nc1nc2c(sc(=S)n2[C@@H]2O[C@H](CO)[C@@H](O)[C@H]2O)c(=O)[nH]1. The number of nitrogen functional groups attached to an aromatic ring is 2. The van der Waals surface area contributed by atoms with Gasteiger partial charge >= 0.3 is 5.97 Å². The number of rotatable bonds is 5. The minimum atomic E-state index is -1.31. The molecule has 6 heterocycles. The summed E-state index contributed by atoms with van der Waals surface area (Å²) in [5.41, 5.74) is 10.9. The number of hydrogen-bond donors (Lipinski definition) is 7. The van der Waals surface area contributed by atoms with Gasteiger partial charge < -0.3 is 41.0 Å². The monoisotopic (exact) mass is 702 g/mol. The van der Waals surface area contributed by atoms with E-state index in [1.165, 1.54) is 11.5 Å². The molecule has 6 rings (SSSR count). The maximum absolute atomic E-state index is 12.1. The van der Waals surface area contributed by atoms with Gasteiger partial charge in [-0.3, -0.25) is 33.5 Å². The molecule has 4 aromatic heterocycles. The van der Waals surface area contributed by atoms with E-state index in [1.54, 1.807) is 4.57 Å². The number of H-pyrrole nitrogens is 2. The molecule has 0 saturated carbocycles. The van der Waals surface area contributed by atoms with Crippen LogP contribution in [-0.4, -0.2) is 87.5 Å². The predicted molar refractivity (Wildman–Crippen MR) is 169 cm³/mol. The maximum atomic E-state index is 12.1. The average molecular weight is 703 g/mol. The van der Waals surface area contributed by atoms with Crippen molar-refractivity contribution < 1.29 is 34.3 Å². The van der Waals surface area contributed by atoms with Crippen LogP contribution in [0.25, 0.3) is 20.7 Å². The van der Waals surface area contributed by atoms with Crippen molar-refractivity contribution in [2.24, 2.45) is 5.92 Å². The van der Waals surface area contributed by atoms with Crippen molar-refractivity contribution in [3.05, 3.63) is 28.6 Å². The Balaban J connectivity index is 0.000000179. The molecule has 0 bridgehead atoms. The van der Waals surface area contributed by atoms with Gasteiger partial charge in [-0.25, -0.2) is 0 Å². The van der Waals surface area contributed by atoms with E-state index in [-0.39, 0.29) is 43.8 Å². The molecule has 9 N–H and O–H groups in total. The van der Waals surface area contributed by atoms with E-state index in [4.69, 9.17) is 55.2 Å². The van der Waals surface area contributed by atoms with Crippen LogP contribution in [0.2, 0.25) is 0 Å². The molecule has 0 unspecified atom stereocenters. The summed E-state index contributed by atoms with van der Waals surface area (Å²) in [6, 6.07) is 0. The summed E-state index contributed by atoms with van der Waals surface area (Å²) in [4.78, 5) is 48.4. The zero-order valence-corrected chi connectivity index (χ0v) is 27.2. The fourth-order valence-electron chi connectivity index (χ4n) is 5.32. The van der Waals surface area contributed by atoms with E-state index >= 15 is 0 Å². The molecule has 2 fully saturated rings. The number of hydrogen-bond acceptors (Lipinski definition) is 17. The highest BCUT2D eigenvalue weighted by atomic mass is 32.2. The highest BCUT2D eigenvalue weighted by Gasteiger charge is 2.46. The minimum Gasteiger partial charge on any atom is -0.457 e. The summed E-state index contributed by atoms with van der Waals surface area (Å²) >= 11 is 12.7. The van der Waals surface area contributed by atoms with E-state index in [9.17, 15) is 24.6 Å². The lowest BCUT2D eigenvalue weighted by Crippen LogP contribution is -2.33. The number of aromatic nitrogens is 6. The Morgan fingerprint density at radius 1 is 0.956 bits per heavy atom. The lowest BCUT2D eigenvalue weighted by atomic mass is 9.98. The molecule has 2 aliphatic heterocycles. The Morgan fingerprint density at radius 3 is 1.89 bits per heavy atom. The van der Waals surface area contributed by atoms with Crippen molar-refractivity contribution in [2.75, 3.05) is 18.1 Å². The lowest BCUT2D eigenvalue weighted by molar-refractivity contribution is -0.153. The molecule has 2 aliphatic rings. The highest BCUT2D eigenvalue weighted by molar-refractivity contribution is 7.74. The van der Waals surface area contributed by atoms with Gasteiger partial charge in [0.1, 0.15) is 27.7 Å². The Labute approximate surface area is 271 Å². The molecule has 244 valence electrons. The molecule has 0 amide bonds. The summed E-state index contributed by atoms with van der Waals surface area (Å²) < 4.78 is 21.2. The number of aliphatic hydroxyl groups is 3. The second-order valence-electron chi connectivity index (χ2n) is 10.3. The summed E-state index contributed by atoms with van der Waals surface area (Å²) in [6.07, 6.45) is -5.04. The number of anilines is 2. The van der Waals surface area contributed by atoms with Crippen LogP contribution in [0.4, 0.5) is 11.9 Å². The number of carbonyl (C=O) groups excluding carboxylic acids is 1. The fourth-order valence-corrected chi connectivity index (χ4v) is 7.88. The third-order valence-corrected chi connectivity index (χ3v) is 10.2. The van der Waals surface area contributed by atoms with Gasteiger partial charge in [-0.05, 0) is 30.9 Å². The summed E-state index contributed by atoms with van der Waals surface area (Å²) in [7, 11) is 0. The lowest BCUT2D eigenvalue weighted by Gasteiger charge is -2.22. The van der Waals surface area contributed by atoms with Crippen LogP contribution in [0.3, 0.4) is 0 Å². The molecular weight excluding hydrogens is 673 g/mol. The van der Waals surface area contributed by atoms with E-state index in [2.05, 4.69) is 19.9 Å². The first-order valence-corrected chi connectivity index (χ1v) is 16.0. The maximum Gasteiger partial charge on any atom is 0.303 e. The van der Waals surface area contributed by atoms with Crippen LogP contribution < -0.4 is 22.6 Å². The van der Waals surface area contributed by atoms with Crippen LogP contribution in [0.5, 0.6) is 0 Å². The number of nitrogens with two attached hydrogens (primary N) is 2. The molecule has 0 aliphatic carbocycles. The van der Waals surface area contributed by atoms with E-state index in [0.717, 1.165) is 29.1 Å². The quantitative estimate of drug-likeness (QED) is 0.111. The van der Waals surface area contributed by atoms with Crippen LogP contribution in [-0.2, 0) is 19.0 Å². The smallest absolute Gasteiger partial charge is 0.303 e. The summed E-state index contributed by atoms with van der Waals surface area (Å²) in [6.45, 7) is 4.87. The van der Waals surface area contributed by atoms with Crippen LogP contribution in [0.15, 0.2) is 9.59 Å². The third-order valence-electron chi connectivity index (χ3n) is 7.41. The second-order valence-corrected chi connectivity index (χ2v) is 13.6. The Kier molecular flexibility index (Phi) is 9.54. The molecule has 45 heavy (non-hydrogen) atoms. The van der Waals surface area contributed by atoms with Gasteiger partial charge in [-0.2, -0.15) is 9.97 Å². The van der Waals surface area contributed by atoms with Gasteiger partial charge in [-0.1, -0.05) is 36.5 Å². The molecule has 8 atom stereocenters. The molecule has 21 heteroatoms. The normalized spacial score (nSPS) is 28.0. The largest absolute Gasteiger partial charge is 0.457 e. The number of aliphatic hydroxyl groups excluding tert-OH is 3. The molecule has 0 spiro atoms. The van der Waals surface area contributed by atoms with Crippen molar-refractivity contribution in [1.82, 2.24) is 29.1 Å². The number of carbonyl (C=O) groups is 1. The Morgan fingerprint density at radius 2 is 1.44 bits per heavy atom. The number of nitrogens with one attached hydrogen (secondary N) is 2. The van der Waals surface area contributed by atoms with Gasteiger partial charge in [0.25, 0.3) is 11.1 Å². The summed E-state index contributed by atoms with van der Waals surface area (Å²) in [5.74, 6) is -0.509. The fraction of sp³-hybridized carbons (Fsp3) is 0.542. The Hall–Kier alpha value is -3.15. The molecular formula is C24H30N8O9S4. The van der Waals surface area contributed by atoms with Crippen molar-refractivity contribution in [3.8, 4) is 0 Å². The molecule has 0 radical (unpaired) electrons. The highest BCUT2D eigenvalue weighted by Crippen LogP contribution is 2.40. The van der Waals surface area contributed by atoms with Crippen molar-refractivity contribution in [3.63, 3.8) is 0 Å². The summed E-state index contributed by atoms with van der Waals surface area (Å²) in [5, 5.41) is 29.0. The van der Waals surface area contributed by atoms with Gasteiger partial charge in [0.05, 0.1) is 12.7 Å². The molecule has 2 saturated heterocycles. The van der Waals surface area contributed by atoms with Gasteiger partial charge in [0.2, 0.25) is 11.9 Å². The number of esters is 1. The number of nitrogens with zero attached hydrogens (tertiary/aromatic N) is 4. The van der Waals surface area contributed by atoms with Gasteiger partial charge in [0.15, 0.2) is 37.8 Å². The van der Waals surface area contributed by atoms with Crippen LogP contribution in [0, 0.1) is 13.8 Å². The Bertz CT molecular complexity index is 1980. The zero-order chi connectivity index (χ0) is 32.9. The molecule has 4 aromatic rings. The van der Waals surface area contributed by atoms with Crippen molar-refractivity contribution in [2.45, 2.75) is 70.2 Å². The number of fused-ring (bicyclic) bond motifs is 2. The topological polar surface area (TPSA) is 259 Å². The number of aromatic amines is 2. The minimum absolute atomic E-state index is 0.00354. The van der Waals surface area contributed by atoms with Crippen molar-refractivity contribution >= 4 is 85.7 Å². The van der Waals surface area contributed by atoms with Gasteiger partial charge in [-0.15, -0.1) is 0 Å². The van der Waals surface area contributed by atoms with Crippen LogP contribution in [0.1, 0.15) is 39.6 Å². The first-order valence-electron chi connectivity index (χ1n) is 13.5. The van der Waals surface area contributed by atoms with E-state index < -0.39 is 55.0 Å². The third kappa shape index (κ3) is 6.06. The average Bonchev–Trinajstić information content (AvgIpc) is 3.66. The van der Waals surface area contributed by atoms with Crippen molar-refractivity contribution in [1.29, 1.82) is 0 Å². The standard InChI is InChI=1S/C14H18N4O4S2.C10H12N4O5S2/c1-4-7-5(2)8(21-6(3)19)12(22-7)18-10-9(24-14(18)23)11(20)17-13(15)16-10;11-9-12-6-5(7(18)13-9)21-10(20)14(6)8-4(17)3(16)2(1-15)19-8/h5,7-8,12H,4H2,1-3H3,(H3,15,16,17,20);2-4,8,15-17H,1H2,(H3,11,12,13,18)/t5-,7-,8-,12-;2-,3-,4-,8-/m11/s1. The van der Waals surface area contributed by atoms with E-state index in [0.29, 0.717) is 14.3 Å².